The number of nitrogen functional groups attached to an aromatic ring is 1. The van der Waals surface area contributed by atoms with E-state index in [4.69, 9.17) is 17.3 Å². The molecule has 0 aliphatic heterocycles. The summed E-state index contributed by atoms with van der Waals surface area (Å²) in [7, 11) is 0. The second kappa shape index (κ2) is 5.13. The van der Waals surface area contributed by atoms with E-state index >= 15 is 0 Å². The smallest absolute Gasteiger partial charge is 0.398 e. The molecule has 1 heterocycles. The van der Waals surface area contributed by atoms with Crippen LogP contribution in [0.4, 0.5) is 18.9 Å². The first-order chi connectivity index (χ1) is 9.30. The van der Waals surface area contributed by atoms with Gasteiger partial charge in [-0.05, 0) is 24.3 Å². The molecule has 0 saturated carbocycles. The van der Waals surface area contributed by atoms with Gasteiger partial charge in [-0.2, -0.15) is 13.2 Å². The van der Waals surface area contributed by atoms with Crippen molar-refractivity contribution in [3.8, 4) is 0 Å². The zero-order valence-corrected chi connectivity index (χ0v) is 10.7. The summed E-state index contributed by atoms with van der Waals surface area (Å²) in [4.78, 5) is 15.7. The Kier molecular flexibility index (Phi) is 3.67. The molecule has 104 valence electrons. The van der Waals surface area contributed by atoms with Crippen LogP contribution in [0.3, 0.4) is 0 Å². The summed E-state index contributed by atoms with van der Waals surface area (Å²) in [5, 5.41) is 0.226. The molecule has 7 heteroatoms. The number of carbonyl (C=O) groups excluding carboxylic acids is 1. The number of ketones is 1. The van der Waals surface area contributed by atoms with Crippen molar-refractivity contribution in [1.29, 1.82) is 0 Å². The first-order valence-corrected chi connectivity index (χ1v) is 5.79. The van der Waals surface area contributed by atoms with E-state index in [9.17, 15) is 18.0 Å². The molecule has 0 fully saturated rings. The molecule has 2 N–H and O–H groups in total. The van der Waals surface area contributed by atoms with Gasteiger partial charge in [0, 0.05) is 18.0 Å². The van der Waals surface area contributed by atoms with Gasteiger partial charge in [0.15, 0.2) is 5.78 Å². The Labute approximate surface area is 117 Å². The molecular formula is C13H8ClF3N2O. The summed E-state index contributed by atoms with van der Waals surface area (Å²) in [6, 6.07) is 4.66. The van der Waals surface area contributed by atoms with Gasteiger partial charge in [-0.15, -0.1) is 0 Å². The quantitative estimate of drug-likeness (QED) is 0.681. The summed E-state index contributed by atoms with van der Waals surface area (Å²) in [5.74, 6) is -0.811. The van der Waals surface area contributed by atoms with E-state index in [1.807, 2.05) is 0 Å². The molecule has 2 aromatic rings. The van der Waals surface area contributed by atoms with Gasteiger partial charge in [-0.25, -0.2) is 0 Å². The Morgan fingerprint density at radius 3 is 2.55 bits per heavy atom. The molecule has 0 spiro atoms. The van der Waals surface area contributed by atoms with Crippen molar-refractivity contribution in [3.05, 3.63) is 58.4 Å². The minimum atomic E-state index is -4.63. The summed E-state index contributed by atoms with van der Waals surface area (Å²) in [6.07, 6.45) is -2.77. The predicted octanol–water partition coefficient (Wildman–Crippen LogP) is 3.57. The predicted molar refractivity (Wildman–Crippen MR) is 68.5 cm³/mol. The Hall–Kier alpha value is -2.08. The average molecular weight is 301 g/mol. The number of hydrogen-bond acceptors (Lipinski definition) is 3. The molecule has 1 aromatic carbocycles. The molecule has 0 saturated heterocycles. The first kappa shape index (κ1) is 14.3. The van der Waals surface area contributed by atoms with Crippen LogP contribution in [-0.4, -0.2) is 10.8 Å². The van der Waals surface area contributed by atoms with Gasteiger partial charge in [-0.3, -0.25) is 9.78 Å². The molecule has 20 heavy (non-hydrogen) atoms. The number of anilines is 1. The molecule has 0 amide bonds. The van der Waals surface area contributed by atoms with Crippen molar-refractivity contribution in [2.45, 2.75) is 6.18 Å². The average Bonchev–Trinajstić information content (AvgIpc) is 2.40. The fourth-order valence-electron chi connectivity index (χ4n) is 1.66. The maximum absolute atomic E-state index is 12.8. The third kappa shape index (κ3) is 2.75. The maximum atomic E-state index is 12.8. The Morgan fingerprint density at radius 1 is 1.25 bits per heavy atom. The van der Waals surface area contributed by atoms with E-state index in [2.05, 4.69) is 4.98 Å². The van der Waals surface area contributed by atoms with Gasteiger partial charge < -0.3 is 5.73 Å². The largest absolute Gasteiger partial charge is 0.417 e. The number of pyridine rings is 1. The van der Waals surface area contributed by atoms with Crippen LogP contribution >= 0.6 is 11.6 Å². The number of nitrogens with two attached hydrogens (primary N) is 1. The SMILES string of the molecule is Nc1cc(C(=O)c2cnccc2C(F)(F)F)ccc1Cl. The number of aromatic nitrogens is 1. The van der Waals surface area contributed by atoms with Crippen LogP contribution in [0.25, 0.3) is 0 Å². The van der Waals surface area contributed by atoms with Crippen molar-refractivity contribution in [1.82, 2.24) is 4.98 Å². The topological polar surface area (TPSA) is 56.0 Å². The zero-order valence-electron chi connectivity index (χ0n) is 9.91. The number of alkyl halides is 3. The van der Waals surface area contributed by atoms with Crippen molar-refractivity contribution in [2.24, 2.45) is 0 Å². The molecule has 0 atom stereocenters. The van der Waals surface area contributed by atoms with Gasteiger partial charge in [0.25, 0.3) is 0 Å². The second-order valence-corrected chi connectivity index (χ2v) is 4.39. The summed E-state index contributed by atoms with van der Waals surface area (Å²) < 4.78 is 38.5. The number of rotatable bonds is 2. The zero-order chi connectivity index (χ0) is 14.9. The number of carbonyl (C=O) groups is 1. The van der Waals surface area contributed by atoms with E-state index in [1.165, 1.54) is 18.2 Å². The molecule has 2 rings (SSSR count). The minimum Gasteiger partial charge on any atom is -0.398 e. The normalized spacial score (nSPS) is 11.4. The molecule has 1 aromatic heterocycles. The van der Waals surface area contributed by atoms with Crippen molar-refractivity contribution in [3.63, 3.8) is 0 Å². The van der Waals surface area contributed by atoms with Gasteiger partial charge in [-0.1, -0.05) is 11.6 Å². The lowest BCUT2D eigenvalue weighted by molar-refractivity contribution is -0.137. The minimum absolute atomic E-state index is 0.0189. The van der Waals surface area contributed by atoms with Gasteiger partial charge >= 0.3 is 6.18 Å². The van der Waals surface area contributed by atoms with E-state index in [0.29, 0.717) is 0 Å². The number of benzene rings is 1. The van der Waals surface area contributed by atoms with E-state index in [-0.39, 0.29) is 16.3 Å². The van der Waals surface area contributed by atoms with Crippen LogP contribution in [-0.2, 0) is 6.18 Å². The van der Waals surface area contributed by atoms with E-state index < -0.39 is 23.1 Å². The number of hydrogen-bond donors (Lipinski definition) is 1. The van der Waals surface area contributed by atoms with Gasteiger partial charge in [0.2, 0.25) is 0 Å². The van der Waals surface area contributed by atoms with Crippen molar-refractivity contribution in [2.75, 3.05) is 5.73 Å². The maximum Gasteiger partial charge on any atom is 0.417 e. The van der Waals surface area contributed by atoms with E-state index in [0.717, 1.165) is 18.5 Å². The highest BCUT2D eigenvalue weighted by atomic mass is 35.5. The molecule has 3 nitrogen and oxygen atoms in total. The molecule has 0 unspecified atom stereocenters. The summed E-state index contributed by atoms with van der Waals surface area (Å²) >= 11 is 5.71. The van der Waals surface area contributed by atoms with Crippen LogP contribution in [0, 0.1) is 0 Å². The van der Waals surface area contributed by atoms with Crippen LogP contribution in [0.15, 0.2) is 36.7 Å². The van der Waals surface area contributed by atoms with Crippen molar-refractivity contribution >= 4 is 23.1 Å². The third-order valence-corrected chi connectivity index (χ3v) is 2.97. The monoisotopic (exact) mass is 300 g/mol. The van der Waals surface area contributed by atoms with Crippen LogP contribution < -0.4 is 5.73 Å². The summed E-state index contributed by atoms with van der Waals surface area (Å²) in [5.41, 5.74) is 4.12. The lowest BCUT2D eigenvalue weighted by Gasteiger charge is -2.11. The van der Waals surface area contributed by atoms with Gasteiger partial charge in [0.1, 0.15) is 0 Å². The fraction of sp³-hybridized carbons (Fsp3) is 0.0769. The van der Waals surface area contributed by atoms with Crippen LogP contribution in [0.2, 0.25) is 5.02 Å². The number of nitrogens with zero attached hydrogens (tertiary/aromatic N) is 1. The molecule has 0 aliphatic carbocycles. The second-order valence-electron chi connectivity index (χ2n) is 3.98. The standard InChI is InChI=1S/C13H8ClF3N2O/c14-10-2-1-7(5-11(10)18)12(20)8-6-19-4-3-9(8)13(15,16)17/h1-6H,18H2. The lowest BCUT2D eigenvalue weighted by atomic mass is 10.00. The fourth-order valence-corrected chi connectivity index (χ4v) is 1.78. The van der Waals surface area contributed by atoms with Crippen LogP contribution in [0.5, 0.6) is 0 Å². The first-order valence-electron chi connectivity index (χ1n) is 5.41. The molecule has 0 radical (unpaired) electrons. The highest BCUT2D eigenvalue weighted by Gasteiger charge is 2.35. The molecular weight excluding hydrogens is 293 g/mol. The van der Waals surface area contributed by atoms with Crippen molar-refractivity contribution < 1.29 is 18.0 Å². The van der Waals surface area contributed by atoms with Gasteiger partial charge in [0.05, 0.1) is 21.8 Å². The van der Waals surface area contributed by atoms with E-state index in [1.54, 1.807) is 0 Å². The Bertz CT molecular complexity index is 671. The number of halogens is 4. The van der Waals surface area contributed by atoms with Crippen LogP contribution in [0.1, 0.15) is 21.5 Å². The summed E-state index contributed by atoms with van der Waals surface area (Å²) in [6.45, 7) is 0. The third-order valence-electron chi connectivity index (χ3n) is 2.63. The highest BCUT2D eigenvalue weighted by molar-refractivity contribution is 6.33. The Morgan fingerprint density at radius 2 is 1.95 bits per heavy atom. The Balaban J connectivity index is 2.51. The highest BCUT2D eigenvalue weighted by Crippen LogP contribution is 2.32. The molecule has 0 bridgehead atoms. The lowest BCUT2D eigenvalue weighted by Crippen LogP contribution is -2.14. The molecule has 0 aliphatic rings.